The highest BCUT2D eigenvalue weighted by Gasteiger charge is 2.31. The van der Waals surface area contributed by atoms with Crippen LogP contribution in [-0.4, -0.2) is 0 Å². The number of aryl methyl sites for hydroxylation is 3. The first-order valence-corrected chi connectivity index (χ1v) is 11.0. The quantitative estimate of drug-likeness (QED) is 0.276. The number of nitrogens with zero attached hydrogens (tertiary/aromatic N) is 1. The maximum atomic E-state index is 6.48. The number of rotatable bonds is 1. The molecule has 0 unspecified atom stereocenters. The highest BCUT2D eigenvalue weighted by atomic mass is 16.5. The van der Waals surface area contributed by atoms with Crippen LogP contribution in [0, 0.1) is 20.8 Å². The van der Waals surface area contributed by atoms with Crippen molar-refractivity contribution in [2.75, 3.05) is 4.90 Å². The molecule has 0 amide bonds. The molecule has 0 atom stereocenters. The normalized spacial score (nSPS) is 13.0. The Bertz CT molecular complexity index is 1300. The summed E-state index contributed by atoms with van der Waals surface area (Å²) in [6.07, 6.45) is 0. The summed E-state index contributed by atoms with van der Waals surface area (Å²) in [4.78, 5) is 2.42. The second-order valence-corrected chi connectivity index (χ2v) is 9.71. The monoisotopic (exact) mass is 407 g/mol. The van der Waals surface area contributed by atoms with Gasteiger partial charge in [-0.3, -0.25) is 0 Å². The van der Waals surface area contributed by atoms with Crippen LogP contribution in [0.2, 0.25) is 0 Å². The summed E-state index contributed by atoms with van der Waals surface area (Å²) in [5.41, 5.74) is 8.62. The molecule has 4 aromatic rings. The minimum Gasteiger partial charge on any atom is -0.453 e. The molecule has 1 heterocycles. The topological polar surface area (TPSA) is 12.5 Å². The number of para-hydroxylation sites is 2. The zero-order chi connectivity index (χ0) is 21.9. The van der Waals surface area contributed by atoms with Gasteiger partial charge in [0.1, 0.15) is 0 Å². The molecule has 0 radical (unpaired) electrons. The van der Waals surface area contributed by atoms with Crippen LogP contribution in [0.1, 0.15) is 43.0 Å². The zero-order valence-corrected chi connectivity index (χ0v) is 19.2. The van der Waals surface area contributed by atoms with Crippen LogP contribution in [0.15, 0.2) is 66.7 Å². The lowest BCUT2D eigenvalue weighted by atomic mass is 9.84. The van der Waals surface area contributed by atoms with E-state index in [0.29, 0.717) is 0 Å². The molecule has 0 N–H and O–H groups in total. The molecule has 0 aromatic heterocycles. The van der Waals surface area contributed by atoms with E-state index in [0.717, 1.165) is 28.4 Å². The van der Waals surface area contributed by atoms with E-state index in [9.17, 15) is 0 Å². The van der Waals surface area contributed by atoms with Gasteiger partial charge < -0.3 is 9.64 Å². The SMILES string of the molecule is Cc1cc2ccccc2c2c1Oc1ccccc1N2c1c(C)cc(C(C)(C)C)cc1C. The van der Waals surface area contributed by atoms with Crippen molar-refractivity contribution in [3.63, 3.8) is 0 Å². The summed E-state index contributed by atoms with van der Waals surface area (Å²) >= 11 is 0. The molecule has 0 saturated heterocycles. The van der Waals surface area contributed by atoms with E-state index < -0.39 is 0 Å². The minimum absolute atomic E-state index is 0.109. The fourth-order valence-electron chi connectivity index (χ4n) is 4.73. The Kier molecular flexibility index (Phi) is 4.37. The lowest BCUT2D eigenvalue weighted by Gasteiger charge is -2.37. The lowest BCUT2D eigenvalue weighted by molar-refractivity contribution is 0.474. The van der Waals surface area contributed by atoms with Crippen molar-refractivity contribution in [2.24, 2.45) is 0 Å². The number of anilines is 3. The van der Waals surface area contributed by atoms with Gasteiger partial charge >= 0.3 is 0 Å². The molecule has 0 fully saturated rings. The molecule has 0 aliphatic carbocycles. The molecule has 2 heteroatoms. The molecule has 1 aliphatic rings. The summed E-state index contributed by atoms with van der Waals surface area (Å²) in [6, 6.07) is 23.9. The maximum absolute atomic E-state index is 6.48. The van der Waals surface area contributed by atoms with Gasteiger partial charge in [-0.05, 0) is 72.0 Å². The van der Waals surface area contributed by atoms with Gasteiger partial charge in [-0.15, -0.1) is 0 Å². The second-order valence-electron chi connectivity index (χ2n) is 9.71. The molecular formula is C29H29NO. The molecule has 1 aliphatic heterocycles. The van der Waals surface area contributed by atoms with Gasteiger partial charge in [0.2, 0.25) is 0 Å². The van der Waals surface area contributed by atoms with Crippen LogP contribution in [0.4, 0.5) is 17.1 Å². The van der Waals surface area contributed by atoms with Gasteiger partial charge in [0.25, 0.3) is 0 Å². The number of ether oxygens (including phenoxy) is 1. The Labute approximate surface area is 185 Å². The summed E-state index contributed by atoms with van der Waals surface area (Å²) in [6.45, 7) is 13.4. The van der Waals surface area contributed by atoms with E-state index in [4.69, 9.17) is 4.74 Å². The van der Waals surface area contributed by atoms with Crippen molar-refractivity contribution in [3.8, 4) is 11.5 Å². The van der Waals surface area contributed by atoms with Gasteiger partial charge in [-0.1, -0.05) is 69.3 Å². The van der Waals surface area contributed by atoms with Gasteiger partial charge in [-0.25, -0.2) is 0 Å². The van der Waals surface area contributed by atoms with Gasteiger partial charge in [0.15, 0.2) is 11.5 Å². The Balaban J connectivity index is 1.87. The lowest BCUT2D eigenvalue weighted by Crippen LogP contribution is -2.20. The van der Waals surface area contributed by atoms with Crippen molar-refractivity contribution < 1.29 is 4.74 Å². The minimum atomic E-state index is 0.109. The van der Waals surface area contributed by atoms with E-state index in [2.05, 4.69) is 107 Å². The first-order chi connectivity index (χ1) is 14.8. The molecule has 0 saturated carbocycles. The molecule has 4 aromatic carbocycles. The second kappa shape index (κ2) is 6.88. The van der Waals surface area contributed by atoms with Crippen LogP contribution < -0.4 is 9.64 Å². The molecule has 31 heavy (non-hydrogen) atoms. The first-order valence-electron chi connectivity index (χ1n) is 11.0. The number of fused-ring (bicyclic) bond motifs is 4. The molecule has 2 nitrogen and oxygen atoms in total. The van der Waals surface area contributed by atoms with E-state index in [-0.39, 0.29) is 5.41 Å². The largest absolute Gasteiger partial charge is 0.453 e. The molecular weight excluding hydrogens is 378 g/mol. The van der Waals surface area contributed by atoms with Gasteiger partial charge in [0.05, 0.1) is 17.1 Å². The first kappa shape index (κ1) is 19.7. The van der Waals surface area contributed by atoms with Gasteiger partial charge in [0, 0.05) is 5.39 Å². The fraction of sp³-hybridized carbons (Fsp3) is 0.241. The number of benzene rings is 4. The average Bonchev–Trinajstić information content (AvgIpc) is 2.72. The zero-order valence-electron chi connectivity index (χ0n) is 19.2. The Morgan fingerprint density at radius 3 is 2.06 bits per heavy atom. The Morgan fingerprint density at radius 2 is 1.35 bits per heavy atom. The van der Waals surface area contributed by atoms with E-state index in [1.807, 2.05) is 6.07 Å². The van der Waals surface area contributed by atoms with E-state index in [1.165, 1.54) is 33.2 Å². The molecule has 156 valence electrons. The third-order valence-electron chi connectivity index (χ3n) is 6.28. The van der Waals surface area contributed by atoms with Crippen LogP contribution in [0.5, 0.6) is 11.5 Å². The average molecular weight is 408 g/mol. The van der Waals surface area contributed by atoms with Crippen molar-refractivity contribution in [2.45, 2.75) is 47.0 Å². The summed E-state index contributed by atoms with van der Waals surface area (Å²) in [5, 5.41) is 2.43. The fourth-order valence-corrected chi connectivity index (χ4v) is 4.73. The number of hydrogen-bond donors (Lipinski definition) is 0. The summed E-state index contributed by atoms with van der Waals surface area (Å²) in [7, 11) is 0. The highest BCUT2D eigenvalue weighted by molar-refractivity contribution is 6.05. The van der Waals surface area contributed by atoms with Crippen molar-refractivity contribution in [3.05, 3.63) is 89.0 Å². The predicted octanol–water partition coefficient (Wildman–Crippen LogP) is 8.64. The third-order valence-corrected chi connectivity index (χ3v) is 6.28. The van der Waals surface area contributed by atoms with E-state index in [1.54, 1.807) is 0 Å². The standard InChI is InChI=1S/C29H29NO/c1-18-16-22(29(4,5)6)17-19(2)26(18)30-24-13-9-10-14-25(24)31-28-20(3)15-21-11-7-8-12-23(21)27(28)30/h7-17H,1-6H3. The van der Waals surface area contributed by atoms with Crippen molar-refractivity contribution in [1.82, 2.24) is 0 Å². The van der Waals surface area contributed by atoms with Crippen LogP contribution >= 0.6 is 0 Å². The molecule has 5 rings (SSSR count). The van der Waals surface area contributed by atoms with Crippen LogP contribution in [-0.2, 0) is 5.41 Å². The van der Waals surface area contributed by atoms with Gasteiger partial charge in [-0.2, -0.15) is 0 Å². The van der Waals surface area contributed by atoms with E-state index >= 15 is 0 Å². The van der Waals surface area contributed by atoms with Crippen molar-refractivity contribution >= 4 is 27.8 Å². The predicted molar refractivity (Wildman–Crippen MR) is 132 cm³/mol. The number of hydrogen-bond acceptors (Lipinski definition) is 2. The Morgan fingerprint density at radius 1 is 0.710 bits per heavy atom. The third kappa shape index (κ3) is 3.09. The molecule has 0 spiro atoms. The van der Waals surface area contributed by atoms with Crippen LogP contribution in [0.3, 0.4) is 0 Å². The molecule has 0 bridgehead atoms. The smallest absolute Gasteiger partial charge is 0.155 e. The van der Waals surface area contributed by atoms with Crippen LogP contribution in [0.25, 0.3) is 10.8 Å². The summed E-state index contributed by atoms with van der Waals surface area (Å²) in [5.74, 6) is 1.84. The highest BCUT2D eigenvalue weighted by Crippen LogP contribution is 2.55. The summed E-state index contributed by atoms with van der Waals surface area (Å²) < 4.78 is 6.48. The maximum Gasteiger partial charge on any atom is 0.155 e. The van der Waals surface area contributed by atoms with Crippen molar-refractivity contribution in [1.29, 1.82) is 0 Å². The Hall–Kier alpha value is -3.26.